The Hall–Kier alpha value is -2.75. The average Bonchev–Trinajstić information content (AvgIpc) is 3.02. The van der Waals surface area contributed by atoms with Crippen LogP contribution in [0.1, 0.15) is 23.7 Å². The third kappa shape index (κ3) is 4.51. The van der Waals surface area contributed by atoms with E-state index in [4.69, 9.17) is 4.74 Å². The minimum atomic E-state index is -3.01. The lowest BCUT2D eigenvalue weighted by atomic mass is 10.2. The number of esters is 1. The van der Waals surface area contributed by atoms with Crippen molar-refractivity contribution < 1.29 is 17.9 Å². The predicted octanol–water partition coefficient (Wildman–Crippen LogP) is 1.42. The number of hydrogen-bond donors (Lipinski definition) is 1. The number of sulfone groups is 1. The standard InChI is InChI=1S/C17H21N5O4S/c1-3-26-16(23)13-6-4-5-7-14(13)19-15-10-18-21-17(20-15)22(2)12-8-9-27(24,25)11-12/h4-7,10,12H,3,8-9,11H2,1-2H3,(H,19,20,21). The van der Waals surface area contributed by atoms with E-state index >= 15 is 0 Å². The molecule has 0 aliphatic carbocycles. The zero-order chi connectivity index (χ0) is 19.4. The number of ether oxygens (including phenoxy) is 1. The van der Waals surface area contributed by atoms with Gasteiger partial charge in [0, 0.05) is 13.1 Å². The zero-order valence-electron chi connectivity index (χ0n) is 15.1. The molecule has 1 fully saturated rings. The third-order valence-corrected chi connectivity index (χ3v) is 6.05. The van der Waals surface area contributed by atoms with Crippen molar-refractivity contribution in [3.05, 3.63) is 36.0 Å². The summed E-state index contributed by atoms with van der Waals surface area (Å²) in [5, 5.41) is 11.0. The minimum Gasteiger partial charge on any atom is -0.462 e. The molecule has 144 valence electrons. The van der Waals surface area contributed by atoms with E-state index < -0.39 is 15.8 Å². The van der Waals surface area contributed by atoms with Crippen LogP contribution in [-0.2, 0) is 14.6 Å². The van der Waals surface area contributed by atoms with Gasteiger partial charge in [-0.2, -0.15) is 10.1 Å². The fourth-order valence-electron chi connectivity index (χ4n) is 2.86. The molecule has 2 aromatic rings. The number of para-hydroxylation sites is 1. The fraction of sp³-hybridized carbons (Fsp3) is 0.412. The normalized spacial score (nSPS) is 18.1. The van der Waals surface area contributed by atoms with E-state index in [0.29, 0.717) is 29.4 Å². The first kappa shape index (κ1) is 19.0. The minimum absolute atomic E-state index is 0.0796. The summed E-state index contributed by atoms with van der Waals surface area (Å²) >= 11 is 0. The monoisotopic (exact) mass is 391 g/mol. The molecule has 2 heterocycles. The molecule has 0 amide bonds. The lowest BCUT2D eigenvalue weighted by Crippen LogP contribution is -2.34. The molecular formula is C17H21N5O4S. The second-order valence-electron chi connectivity index (χ2n) is 6.20. The van der Waals surface area contributed by atoms with Gasteiger partial charge in [-0.25, -0.2) is 13.2 Å². The van der Waals surface area contributed by atoms with Crippen molar-refractivity contribution in [2.24, 2.45) is 0 Å². The number of nitrogens with one attached hydrogen (secondary N) is 1. The quantitative estimate of drug-likeness (QED) is 0.730. The van der Waals surface area contributed by atoms with Gasteiger partial charge in [0.05, 0.1) is 35.6 Å². The van der Waals surface area contributed by atoms with Crippen LogP contribution in [0.15, 0.2) is 30.5 Å². The summed E-state index contributed by atoms with van der Waals surface area (Å²) in [4.78, 5) is 18.2. The van der Waals surface area contributed by atoms with Crippen LogP contribution >= 0.6 is 0 Å². The molecule has 0 radical (unpaired) electrons. The Labute approximate surface area is 157 Å². The van der Waals surface area contributed by atoms with Gasteiger partial charge in [-0.3, -0.25) is 0 Å². The van der Waals surface area contributed by atoms with Crippen LogP contribution in [0, 0.1) is 0 Å². The van der Waals surface area contributed by atoms with Crippen molar-refractivity contribution in [1.29, 1.82) is 0 Å². The predicted molar refractivity (Wildman–Crippen MR) is 101 cm³/mol. The van der Waals surface area contributed by atoms with Crippen molar-refractivity contribution in [3.63, 3.8) is 0 Å². The number of benzene rings is 1. The van der Waals surface area contributed by atoms with Crippen LogP contribution in [-0.4, -0.2) is 60.8 Å². The molecule has 1 aromatic carbocycles. The summed E-state index contributed by atoms with van der Waals surface area (Å²) in [5.74, 6) is 0.521. The van der Waals surface area contributed by atoms with E-state index in [2.05, 4.69) is 20.5 Å². The van der Waals surface area contributed by atoms with Crippen molar-refractivity contribution in [2.75, 3.05) is 35.4 Å². The maximum absolute atomic E-state index is 12.1. The highest BCUT2D eigenvalue weighted by molar-refractivity contribution is 7.91. The molecule has 1 atom stereocenters. The zero-order valence-corrected chi connectivity index (χ0v) is 15.9. The smallest absolute Gasteiger partial charge is 0.340 e. The van der Waals surface area contributed by atoms with Crippen molar-refractivity contribution in [3.8, 4) is 0 Å². The largest absolute Gasteiger partial charge is 0.462 e. The first-order valence-electron chi connectivity index (χ1n) is 8.56. The Balaban J connectivity index is 1.80. The topological polar surface area (TPSA) is 114 Å². The van der Waals surface area contributed by atoms with Gasteiger partial charge in [0.25, 0.3) is 0 Å². The van der Waals surface area contributed by atoms with Gasteiger partial charge in [-0.05, 0) is 25.5 Å². The summed E-state index contributed by atoms with van der Waals surface area (Å²) in [6.07, 6.45) is 1.97. The van der Waals surface area contributed by atoms with Gasteiger partial charge >= 0.3 is 5.97 Å². The van der Waals surface area contributed by atoms with Gasteiger partial charge in [0.2, 0.25) is 5.95 Å². The van der Waals surface area contributed by atoms with E-state index in [1.165, 1.54) is 6.20 Å². The summed E-state index contributed by atoms with van der Waals surface area (Å²) in [7, 11) is -1.26. The number of anilines is 3. The van der Waals surface area contributed by atoms with Crippen LogP contribution < -0.4 is 10.2 Å². The number of nitrogens with zero attached hydrogens (tertiary/aromatic N) is 4. The molecule has 1 saturated heterocycles. The Morgan fingerprint density at radius 3 is 2.85 bits per heavy atom. The molecule has 0 saturated carbocycles. The molecule has 10 heteroatoms. The van der Waals surface area contributed by atoms with Crippen molar-refractivity contribution >= 4 is 33.3 Å². The summed E-state index contributed by atoms with van der Waals surface area (Å²) in [5.41, 5.74) is 0.920. The third-order valence-electron chi connectivity index (χ3n) is 4.30. The van der Waals surface area contributed by atoms with Crippen LogP contribution in [0.25, 0.3) is 0 Å². The molecular weight excluding hydrogens is 370 g/mol. The number of hydrogen-bond acceptors (Lipinski definition) is 9. The summed E-state index contributed by atoms with van der Waals surface area (Å²) in [6, 6.07) is 6.75. The van der Waals surface area contributed by atoms with Crippen LogP contribution in [0.2, 0.25) is 0 Å². The molecule has 1 aliphatic rings. The fourth-order valence-corrected chi connectivity index (χ4v) is 4.64. The van der Waals surface area contributed by atoms with Gasteiger partial charge in [0.15, 0.2) is 15.7 Å². The first-order valence-corrected chi connectivity index (χ1v) is 10.4. The highest BCUT2D eigenvalue weighted by Gasteiger charge is 2.32. The highest BCUT2D eigenvalue weighted by atomic mass is 32.2. The lowest BCUT2D eigenvalue weighted by Gasteiger charge is -2.23. The summed E-state index contributed by atoms with van der Waals surface area (Å²) in [6.45, 7) is 2.02. The van der Waals surface area contributed by atoms with Gasteiger partial charge < -0.3 is 15.0 Å². The number of rotatable bonds is 6. The van der Waals surface area contributed by atoms with Crippen LogP contribution in [0.4, 0.5) is 17.5 Å². The molecule has 3 rings (SSSR count). The van der Waals surface area contributed by atoms with Crippen LogP contribution in [0.5, 0.6) is 0 Å². The van der Waals surface area contributed by atoms with Crippen molar-refractivity contribution in [2.45, 2.75) is 19.4 Å². The maximum atomic E-state index is 12.1. The summed E-state index contributed by atoms with van der Waals surface area (Å²) < 4.78 is 28.5. The Morgan fingerprint density at radius 2 is 2.15 bits per heavy atom. The van der Waals surface area contributed by atoms with Gasteiger partial charge in [-0.15, -0.1) is 5.10 Å². The molecule has 1 aliphatic heterocycles. The second-order valence-corrected chi connectivity index (χ2v) is 8.43. The van der Waals surface area contributed by atoms with Crippen molar-refractivity contribution in [1.82, 2.24) is 15.2 Å². The van der Waals surface area contributed by atoms with Gasteiger partial charge in [0.1, 0.15) is 0 Å². The molecule has 0 spiro atoms. The maximum Gasteiger partial charge on any atom is 0.340 e. The van der Waals surface area contributed by atoms with E-state index in [0.717, 1.165) is 0 Å². The second kappa shape index (κ2) is 7.87. The van der Waals surface area contributed by atoms with Crippen LogP contribution in [0.3, 0.4) is 0 Å². The van der Waals surface area contributed by atoms with E-state index in [9.17, 15) is 13.2 Å². The molecule has 1 unspecified atom stereocenters. The molecule has 9 nitrogen and oxygen atoms in total. The van der Waals surface area contributed by atoms with E-state index in [-0.39, 0.29) is 24.2 Å². The molecule has 27 heavy (non-hydrogen) atoms. The SMILES string of the molecule is CCOC(=O)c1ccccc1Nc1cnnc(N(C)C2CCS(=O)(=O)C2)n1. The Morgan fingerprint density at radius 1 is 1.37 bits per heavy atom. The highest BCUT2D eigenvalue weighted by Crippen LogP contribution is 2.23. The molecule has 1 N–H and O–H groups in total. The number of carbonyl (C=O) groups is 1. The Bertz CT molecular complexity index is 934. The molecule has 0 bridgehead atoms. The number of aromatic nitrogens is 3. The number of carbonyl (C=O) groups excluding carboxylic acids is 1. The van der Waals surface area contributed by atoms with E-state index in [1.54, 1.807) is 43.1 Å². The van der Waals surface area contributed by atoms with Gasteiger partial charge in [-0.1, -0.05) is 12.1 Å². The lowest BCUT2D eigenvalue weighted by molar-refractivity contribution is 0.0527. The average molecular weight is 391 g/mol. The first-order chi connectivity index (χ1) is 12.9. The Kier molecular flexibility index (Phi) is 5.54. The van der Waals surface area contributed by atoms with E-state index in [1.807, 2.05) is 0 Å². The molecule has 1 aromatic heterocycles.